The topological polar surface area (TPSA) is 29.9 Å². The van der Waals surface area contributed by atoms with Crippen LogP contribution in [0.4, 0.5) is 5.95 Å². The number of hydrogen-bond acceptors (Lipinski definition) is 3. The Morgan fingerprint density at radius 3 is 3.00 bits per heavy atom. The van der Waals surface area contributed by atoms with Crippen molar-refractivity contribution < 1.29 is 0 Å². The van der Waals surface area contributed by atoms with Crippen LogP contribution in [-0.4, -0.2) is 15.6 Å². The van der Waals surface area contributed by atoms with E-state index in [1.807, 2.05) is 17.5 Å². The minimum atomic E-state index is 0.409. The van der Waals surface area contributed by atoms with Gasteiger partial charge in [-0.25, -0.2) is 4.98 Å². The quantitative estimate of drug-likeness (QED) is 0.881. The molecule has 0 radical (unpaired) electrons. The molecule has 1 aliphatic rings. The number of nitrogens with one attached hydrogen (secondary N) is 1. The van der Waals surface area contributed by atoms with E-state index < -0.39 is 0 Å². The van der Waals surface area contributed by atoms with Gasteiger partial charge in [-0.15, -0.1) is 11.3 Å². The zero-order valence-corrected chi connectivity index (χ0v) is 12.2. The maximum Gasteiger partial charge on any atom is 0.203 e. The zero-order chi connectivity index (χ0) is 13.1. The summed E-state index contributed by atoms with van der Waals surface area (Å²) in [4.78, 5) is 5.93. The number of aromatic nitrogens is 2. The van der Waals surface area contributed by atoms with Crippen LogP contribution >= 0.6 is 11.3 Å². The van der Waals surface area contributed by atoms with Crippen molar-refractivity contribution in [3.05, 3.63) is 34.8 Å². The van der Waals surface area contributed by atoms with Crippen molar-refractivity contribution in [2.45, 2.75) is 51.1 Å². The maximum absolute atomic E-state index is 4.51. The van der Waals surface area contributed by atoms with Crippen LogP contribution in [0.25, 0.3) is 0 Å². The molecule has 1 fully saturated rings. The minimum absolute atomic E-state index is 0.409. The number of thiophene rings is 1. The van der Waals surface area contributed by atoms with Crippen molar-refractivity contribution in [1.82, 2.24) is 9.55 Å². The van der Waals surface area contributed by atoms with Gasteiger partial charge in [0.1, 0.15) is 0 Å². The molecule has 102 valence electrons. The summed E-state index contributed by atoms with van der Waals surface area (Å²) in [5.41, 5.74) is 0. The number of nitrogens with zero attached hydrogens (tertiary/aromatic N) is 2. The second-order valence-corrected chi connectivity index (χ2v) is 6.20. The van der Waals surface area contributed by atoms with Crippen molar-refractivity contribution in [3.63, 3.8) is 0 Å². The summed E-state index contributed by atoms with van der Waals surface area (Å²) in [5, 5.41) is 5.77. The molecule has 0 spiro atoms. The molecule has 3 nitrogen and oxygen atoms in total. The van der Waals surface area contributed by atoms with Gasteiger partial charge in [0.2, 0.25) is 5.95 Å². The molecular formula is C15H21N3S. The second-order valence-electron chi connectivity index (χ2n) is 5.22. The van der Waals surface area contributed by atoms with Gasteiger partial charge in [0.25, 0.3) is 0 Å². The highest BCUT2D eigenvalue weighted by molar-refractivity contribution is 7.10. The van der Waals surface area contributed by atoms with E-state index in [2.05, 4.69) is 45.5 Å². The fraction of sp³-hybridized carbons (Fsp3) is 0.533. The molecular weight excluding hydrogens is 254 g/mol. The smallest absolute Gasteiger partial charge is 0.203 e. The van der Waals surface area contributed by atoms with Crippen molar-refractivity contribution in [2.75, 3.05) is 5.32 Å². The first kappa shape index (κ1) is 12.7. The zero-order valence-electron chi connectivity index (χ0n) is 11.4. The molecule has 0 bridgehead atoms. The van der Waals surface area contributed by atoms with Gasteiger partial charge in [-0.05, 0) is 30.7 Å². The normalized spacial score (nSPS) is 17.7. The van der Waals surface area contributed by atoms with Crippen molar-refractivity contribution in [3.8, 4) is 0 Å². The molecule has 3 rings (SSSR count). The Morgan fingerprint density at radius 1 is 1.47 bits per heavy atom. The predicted octanol–water partition coefficient (Wildman–Crippen LogP) is 4.30. The fourth-order valence-corrected chi connectivity index (χ4v) is 3.85. The average molecular weight is 275 g/mol. The molecule has 2 aromatic heterocycles. The Morgan fingerprint density at radius 2 is 2.32 bits per heavy atom. The molecule has 1 saturated carbocycles. The summed E-state index contributed by atoms with van der Waals surface area (Å²) in [7, 11) is 0. The molecule has 1 N–H and O–H groups in total. The van der Waals surface area contributed by atoms with E-state index in [0.29, 0.717) is 12.1 Å². The molecule has 2 aromatic rings. The molecule has 1 unspecified atom stereocenters. The van der Waals surface area contributed by atoms with Gasteiger partial charge in [-0.2, -0.15) is 0 Å². The van der Waals surface area contributed by atoms with E-state index in [1.54, 1.807) is 0 Å². The molecule has 2 heterocycles. The van der Waals surface area contributed by atoms with E-state index in [0.717, 1.165) is 12.4 Å². The van der Waals surface area contributed by atoms with E-state index in [-0.39, 0.29) is 0 Å². The Balaban J connectivity index is 1.81. The van der Waals surface area contributed by atoms with Gasteiger partial charge in [0, 0.05) is 23.3 Å². The van der Waals surface area contributed by atoms with Gasteiger partial charge in [0.05, 0.1) is 6.04 Å². The van der Waals surface area contributed by atoms with Crippen LogP contribution in [0.5, 0.6) is 0 Å². The molecule has 19 heavy (non-hydrogen) atoms. The van der Waals surface area contributed by atoms with Crippen LogP contribution in [0.15, 0.2) is 29.9 Å². The summed E-state index contributed by atoms with van der Waals surface area (Å²) in [6.07, 6.45) is 10.4. The maximum atomic E-state index is 4.51. The Kier molecular flexibility index (Phi) is 3.87. The number of rotatable bonds is 5. The molecule has 1 aliphatic carbocycles. The standard InChI is InChI=1S/C15H21N3S/c1-2-13(14-8-5-11-19-14)18-10-9-16-15(18)17-12-6-3-4-7-12/h5,8-13H,2-4,6-7H2,1H3,(H,16,17). The van der Waals surface area contributed by atoms with E-state index in [9.17, 15) is 0 Å². The molecule has 0 amide bonds. The van der Waals surface area contributed by atoms with Gasteiger partial charge in [-0.1, -0.05) is 25.8 Å². The number of imidazole rings is 1. The summed E-state index contributed by atoms with van der Waals surface area (Å²) in [6.45, 7) is 2.24. The Bertz CT molecular complexity index is 497. The third kappa shape index (κ3) is 2.68. The second kappa shape index (κ2) is 5.78. The molecule has 0 aromatic carbocycles. The van der Waals surface area contributed by atoms with Crippen LogP contribution < -0.4 is 5.32 Å². The average Bonchev–Trinajstić information content (AvgIpc) is 3.14. The summed E-state index contributed by atoms with van der Waals surface area (Å²) >= 11 is 1.83. The lowest BCUT2D eigenvalue weighted by atomic mass is 10.2. The van der Waals surface area contributed by atoms with Gasteiger partial charge in [0.15, 0.2) is 0 Å². The lowest BCUT2D eigenvalue weighted by Gasteiger charge is -2.20. The van der Waals surface area contributed by atoms with E-state index >= 15 is 0 Å². The van der Waals surface area contributed by atoms with Crippen LogP contribution in [0.2, 0.25) is 0 Å². The van der Waals surface area contributed by atoms with Crippen LogP contribution in [0, 0.1) is 0 Å². The van der Waals surface area contributed by atoms with Gasteiger partial charge in [-0.3, -0.25) is 0 Å². The largest absolute Gasteiger partial charge is 0.353 e. The third-order valence-electron chi connectivity index (χ3n) is 3.95. The van der Waals surface area contributed by atoms with Crippen LogP contribution in [0.1, 0.15) is 49.9 Å². The summed E-state index contributed by atoms with van der Waals surface area (Å²) < 4.78 is 2.30. The van der Waals surface area contributed by atoms with Gasteiger partial charge < -0.3 is 9.88 Å². The first-order chi connectivity index (χ1) is 9.38. The van der Waals surface area contributed by atoms with Crippen molar-refractivity contribution >= 4 is 17.3 Å². The van der Waals surface area contributed by atoms with Crippen molar-refractivity contribution in [2.24, 2.45) is 0 Å². The van der Waals surface area contributed by atoms with Crippen LogP contribution in [0.3, 0.4) is 0 Å². The fourth-order valence-electron chi connectivity index (χ4n) is 2.94. The highest BCUT2D eigenvalue weighted by Gasteiger charge is 2.20. The third-order valence-corrected chi connectivity index (χ3v) is 4.92. The molecule has 1 atom stereocenters. The molecule has 0 saturated heterocycles. The summed E-state index contributed by atoms with van der Waals surface area (Å²) in [6, 6.07) is 5.37. The SMILES string of the molecule is CCC(c1cccs1)n1ccnc1NC1CCCC1. The van der Waals surface area contributed by atoms with Crippen LogP contribution in [-0.2, 0) is 0 Å². The lowest BCUT2D eigenvalue weighted by Crippen LogP contribution is -2.20. The first-order valence-electron chi connectivity index (χ1n) is 7.21. The predicted molar refractivity (Wildman–Crippen MR) is 80.9 cm³/mol. The van der Waals surface area contributed by atoms with E-state index in [4.69, 9.17) is 0 Å². The van der Waals surface area contributed by atoms with E-state index in [1.165, 1.54) is 30.6 Å². The first-order valence-corrected chi connectivity index (χ1v) is 8.09. The molecule has 4 heteroatoms. The Hall–Kier alpha value is -1.29. The lowest BCUT2D eigenvalue weighted by molar-refractivity contribution is 0.574. The highest BCUT2D eigenvalue weighted by atomic mass is 32.1. The minimum Gasteiger partial charge on any atom is -0.353 e. The monoisotopic (exact) mass is 275 g/mol. The summed E-state index contributed by atoms with van der Waals surface area (Å²) in [5.74, 6) is 1.03. The molecule has 0 aliphatic heterocycles. The van der Waals surface area contributed by atoms with Gasteiger partial charge >= 0.3 is 0 Å². The number of hydrogen-bond donors (Lipinski definition) is 1. The number of anilines is 1. The Labute approximate surface area is 118 Å². The highest BCUT2D eigenvalue weighted by Crippen LogP contribution is 2.30. The van der Waals surface area contributed by atoms with Crippen molar-refractivity contribution in [1.29, 1.82) is 0 Å².